The first-order valence-electron chi connectivity index (χ1n) is 6.56. The second-order valence-electron chi connectivity index (χ2n) is 4.61. The highest BCUT2D eigenvalue weighted by molar-refractivity contribution is 7.89. The van der Waals surface area contributed by atoms with E-state index < -0.39 is 16.0 Å². The van der Waals surface area contributed by atoms with E-state index in [0.717, 1.165) is 12.5 Å². The summed E-state index contributed by atoms with van der Waals surface area (Å²) >= 11 is 0. The van der Waals surface area contributed by atoms with Gasteiger partial charge in [-0.25, -0.2) is 17.9 Å². The van der Waals surface area contributed by atoms with Gasteiger partial charge in [-0.1, -0.05) is 13.0 Å². The van der Waals surface area contributed by atoms with E-state index in [-0.39, 0.29) is 23.0 Å². The predicted octanol–water partition coefficient (Wildman–Crippen LogP) is 2.06. The molecule has 1 atom stereocenters. The lowest BCUT2D eigenvalue weighted by Crippen LogP contribution is -2.24. The van der Waals surface area contributed by atoms with Gasteiger partial charge in [0.15, 0.2) is 0 Å². The summed E-state index contributed by atoms with van der Waals surface area (Å²) in [5.74, 6) is -1.18. The molecular formula is C14H20N2O4S. The van der Waals surface area contributed by atoms with Gasteiger partial charge in [0.2, 0.25) is 10.0 Å². The van der Waals surface area contributed by atoms with Gasteiger partial charge in [0.1, 0.15) is 0 Å². The standard InChI is InChI=1S/C14H20N2O4S/c1-4-8-15-21(19,20)11-6-7-13(16-10(3)5-2)12(9-11)14(17)18/h4,6-7,9-10,15-16H,1,5,8H2,2-3H3,(H,17,18)/t10-/m0/s1. The van der Waals surface area contributed by atoms with Crippen molar-refractivity contribution < 1.29 is 18.3 Å². The molecule has 0 heterocycles. The van der Waals surface area contributed by atoms with Crippen LogP contribution in [0.25, 0.3) is 0 Å². The molecule has 0 aromatic heterocycles. The van der Waals surface area contributed by atoms with Gasteiger partial charge in [0.05, 0.1) is 10.5 Å². The number of aromatic carboxylic acids is 1. The van der Waals surface area contributed by atoms with E-state index in [1.807, 2.05) is 13.8 Å². The van der Waals surface area contributed by atoms with Crippen molar-refractivity contribution >= 4 is 21.7 Å². The molecule has 0 bridgehead atoms. The summed E-state index contributed by atoms with van der Waals surface area (Å²) in [6, 6.07) is 4.09. The fraction of sp³-hybridized carbons (Fsp3) is 0.357. The zero-order chi connectivity index (χ0) is 16.0. The van der Waals surface area contributed by atoms with Crippen LogP contribution in [0, 0.1) is 0 Å². The molecule has 0 unspecified atom stereocenters. The maximum atomic E-state index is 12.0. The highest BCUT2D eigenvalue weighted by atomic mass is 32.2. The Kier molecular flexibility index (Phi) is 5.92. The molecule has 116 valence electrons. The Morgan fingerprint density at radius 1 is 1.48 bits per heavy atom. The van der Waals surface area contributed by atoms with E-state index in [0.29, 0.717) is 5.69 Å². The van der Waals surface area contributed by atoms with Crippen molar-refractivity contribution in [2.75, 3.05) is 11.9 Å². The molecule has 0 fully saturated rings. The summed E-state index contributed by atoms with van der Waals surface area (Å²) in [6.07, 6.45) is 2.23. The average molecular weight is 312 g/mol. The van der Waals surface area contributed by atoms with Crippen LogP contribution in [0.1, 0.15) is 30.6 Å². The summed E-state index contributed by atoms with van der Waals surface area (Å²) in [6.45, 7) is 7.40. The number of carboxylic acid groups (broad SMARTS) is 1. The monoisotopic (exact) mass is 312 g/mol. The summed E-state index contributed by atoms with van der Waals surface area (Å²) in [5.41, 5.74) is 0.330. The normalized spacial score (nSPS) is 12.7. The van der Waals surface area contributed by atoms with Gasteiger partial charge in [0.25, 0.3) is 0 Å². The van der Waals surface area contributed by atoms with Crippen LogP contribution < -0.4 is 10.0 Å². The molecule has 0 aliphatic heterocycles. The molecule has 0 radical (unpaired) electrons. The molecule has 0 aliphatic carbocycles. The molecule has 0 spiro atoms. The highest BCUT2D eigenvalue weighted by Gasteiger charge is 2.18. The molecule has 0 amide bonds. The SMILES string of the molecule is C=CCNS(=O)(=O)c1ccc(N[C@@H](C)CC)c(C(=O)O)c1. The number of hydrogen-bond acceptors (Lipinski definition) is 4. The number of carbonyl (C=O) groups is 1. The molecule has 7 heteroatoms. The van der Waals surface area contributed by atoms with E-state index in [2.05, 4.69) is 16.6 Å². The Bertz CT molecular complexity index is 626. The molecule has 1 aromatic rings. The molecule has 0 saturated heterocycles. The Labute approximate surface area is 124 Å². The zero-order valence-corrected chi connectivity index (χ0v) is 12.9. The van der Waals surface area contributed by atoms with Crippen molar-refractivity contribution in [1.82, 2.24) is 4.72 Å². The number of nitrogens with one attached hydrogen (secondary N) is 2. The van der Waals surface area contributed by atoms with E-state index in [4.69, 9.17) is 0 Å². The third-order valence-corrected chi connectivity index (χ3v) is 4.38. The largest absolute Gasteiger partial charge is 0.478 e. The van der Waals surface area contributed by atoms with Gasteiger partial charge >= 0.3 is 5.97 Å². The minimum atomic E-state index is -3.74. The summed E-state index contributed by atoms with van der Waals surface area (Å²) in [5, 5.41) is 12.3. The second kappa shape index (κ2) is 7.24. The summed E-state index contributed by atoms with van der Waals surface area (Å²) in [7, 11) is -3.74. The van der Waals surface area contributed by atoms with E-state index in [9.17, 15) is 18.3 Å². The molecule has 1 aromatic carbocycles. The smallest absolute Gasteiger partial charge is 0.337 e. The van der Waals surface area contributed by atoms with Gasteiger partial charge in [-0.15, -0.1) is 6.58 Å². The van der Waals surface area contributed by atoms with Gasteiger partial charge in [0, 0.05) is 18.3 Å². The Hall–Kier alpha value is -1.86. The number of sulfonamides is 1. The lowest BCUT2D eigenvalue weighted by atomic mass is 10.1. The summed E-state index contributed by atoms with van der Waals surface area (Å²) in [4.78, 5) is 11.2. The first kappa shape index (κ1) is 17.2. The average Bonchev–Trinajstić information content (AvgIpc) is 2.44. The van der Waals surface area contributed by atoms with Crippen molar-refractivity contribution in [2.24, 2.45) is 0 Å². The van der Waals surface area contributed by atoms with Crippen molar-refractivity contribution in [3.8, 4) is 0 Å². The van der Waals surface area contributed by atoms with Gasteiger partial charge in [-0.05, 0) is 31.5 Å². The van der Waals surface area contributed by atoms with Gasteiger partial charge < -0.3 is 10.4 Å². The third-order valence-electron chi connectivity index (χ3n) is 2.96. The van der Waals surface area contributed by atoms with E-state index in [1.165, 1.54) is 18.2 Å². The van der Waals surface area contributed by atoms with Crippen LogP contribution in [-0.4, -0.2) is 32.1 Å². The van der Waals surface area contributed by atoms with Crippen molar-refractivity contribution in [3.63, 3.8) is 0 Å². The third kappa shape index (κ3) is 4.57. The fourth-order valence-corrected chi connectivity index (χ4v) is 2.64. The quantitative estimate of drug-likeness (QED) is 0.639. The fourth-order valence-electron chi connectivity index (χ4n) is 1.61. The first-order valence-corrected chi connectivity index (χ1v) is 8.04. The number of rotatable bonds is 8. The van der Waals surface area contributed by atoms with Gasteiger partial charge in [-0.3, -0.25) is 0 Å². The molecular weight excluding hydrogens is 292 g/mol. The van der Waals surface area contributed by atoms with Crippen LogP contribution in [0.15, 0.2) is 35.7 Å². The van der Waals surface area contributed by atoms with Crippen LogP contribution in [0.2, 0.25) is 0 Å². The van der Waals surface area contributed by atoms with Crippen molar-refractivity contribution in [2.45, 2.75) is 31.2 Å². The number of anilines is 1. The topological polar surface area (TPSA) is 95.5 Å². The number of hydrogen-bond donors (Lipinski definition) is 3. The minimum absolute atomic E-state index is 0.0724. The van der Waals surface area contributed by atoms with Crippen LogP contribution >= 0.6 is 0 Å². The zero-order valence-electron chi connectivity index (χ0n) is 12.1. The Morgan fingerprint density at radius 2 is 2.14 bits per heavy atom. The van der Waals surface area contributed by atoms with Crippen LogP contribution in [0.3, 0.4) is 0 Å². The van der Waals surface area contributed by atoms with Crippen LogP contribution in [0.5, 0.6) is 0 Å². The molecule has 6 nitrogen and oxygen atoms in total. The predicted molar refractivity (Wildman–Crippen MR) is 82.2 cm³/mol. The van der Waals surface area contributed by atoms with Gasteiger partial charge in [-0.2, -0.15) is 0 Å². The minimum Gasteiger partial charge on any atom is -0.478 e. The Morgan fingerprint density at radius 3 is 2.67 bits per heavy atom. The molecule has 3 N–H and O–H groups in total. The maximum Gasteiger partial charge on any atom is 0.337 e. The number of benzene rings is 1. The highest BCUT2D eigenvalue weighted by Crippen LogP contribution is 2.22. The maximum absolute atomic E-state index is 12.0. The Balaban J connectivity index is 3.20. The van der Waals surface area contributed by atoms with Crippen LogP contribution in [-0.2, 0) is 10.0 Å². The van der Waals surface area contributed by atoms with Crippen LogP contribution in [0.4, 0.5) is 5.69 Å². The molecule has 0 saturated carbocycles. The van der Waals surface area contributed by atoms with Crippen molar-refractivity contribution in [1.29, 1.82) is 0 Å². The molecule has 1 rings (SSSR count). The van der Waals surface area contributed by atoms with E-state index >= 15 is 0 Å². The second-order valence-corrected chi connectivity index (χ2v) is 6.37. The summed E-state index contributed by atoms with van der Waals surface area (Å²) < 4.78 is 26.3. The lowest BCUT2D eigenvalue weighted by Gasteiger charge is -2.16. The lowest BCUT2D eigenvalue weighted by molar-refractivity contribution is 0.0697. The molecule has 21 heavy (non-hydrogen) atoms. The van der Waals surface area contributed by atoms with E-state index in [1.54, 1.807) is 0 Å². The molecule has 0 aliphatic rings. The number of carboxylic acids is 1. The van der Waals surface area contributed by atoms with Crippen molar-refractivity contribution in [3.05, 3.63) is 36.4 Å². The first-order chi connectivity index (χ1) is 9.81.